The molecule has 4 aromatic rings. The van der Waals surface area contributed by atoms with Crippen molar-refractivity contribution in [3.05, 3.63) is 137 Å². The van der Waals surface area contributed by atoms with Gasteiger partial charge in [-0.1, -0.05) is 84.9 Å². The highest BCUT2D eigenvalue weighted by molar-refractivity contribution is 7.89. The second-order valence-corrected chi connectivity index (χ2v) is 13.1. The minimum Gasteiger partial charge on any atom is -0.354 e. The van der Waals surface area contributed by atoms with Crippen LogP contribution in [0.15, 0.2) is 114 Å². The smallest absolute Gasteiger partial charge is 0.243 e. The lowest BCUT2D eigenvalue weighted by Crippen LogP contribution is -2.50. The molecule has 2 amide bonds. The Labute approximate surface area is 264 Å². The number of amides is 2. The minimum atomic E-state index is -3.57. The molecular weight excluding hydrogens is 589 g/mol. The van der Waals surface area contributed by atoms with Crippen LogP contribution < -0.4 is 10.0 Å². The third-order valence-corrected chi connectivity index (χ3v) is 9.39. The summed E-state index contributed by atoms with van der Waals surface area (Å²) in [5, 5.41) is 3.04. The Balaban J connectivity index is 1.33. The van der Waals surface area contributed by atoms with E-state index in [9.17, 15) is 22.4 Å². The van der Waals surface area contributed by atoms with E-state index in [-0.39, 0.29) is 41.5 Å². The van der Waals surface area contributed by atoms with E-state index in [0.29, 0.717) is 31.4 Å². The molecule has 0 unspecified atom stereocenters. The first-order valence-electron chi connectivity index (χ1n) is 15.3. The Bertz CT molecular complexity index is 1660. The first kappa shape index (κ1) is 32.1. The fourth-order valence-electron chi connectivity index (χ4n) is 5.15. The maximum absolute atomic E-state index is 13.9. The summed E-state index contributed by atoms with van der Waals surface area (Å²) >= 11 is 0. The van der Waals surface area contributed by atoms with Crippen LogP contribution in [0.5, 0.6) is 0 Å². The molecular formula is C36H38FN3O4S. The average molecular weight is 628 g/mol. The van der Waals surface area contributed by atoms with Crippen molar-refractivity contribution in [1.82, 2.24) is 14.9 Å². The Morgan fingerprint density at radius 3 is 1.96 bits per heavy atom. The third-order valence-electron chi connectivity index (χ3n) is 7.85. The summed E-state index contributed by atoms with van der Waals surface area (Å²) in [6, 6.07) is 31.1. The van der Waals surface area contributed by atoms with Crippen molar-refractivity contribution >= 4 is 21.8 Å². The highest BCUT2D eigenvalue weighted by atomic mass is 32.2. The molecule has 1 aliphatic rings. The first-order valence-corrected chi connectivity index (χ1v) is 16.8. The maximum Gasteiger partial charge on any atom is 0.243 e. The first-order chi connectivity index (χ1) is 21.8. The molecule has 0 radical (unpaired) electrons. The Morgan fingerprint density at radius 2 is 1.33 bits per heavy atom. The number of aryl methyl sites for hydroxylation is 1. The molecule has 0 heterocycles. The number of hydrogen-bond donors (Lipinski definition) is 2. The standard InChI is InChI=1S/C36H38FN3O4S/c37-31-16-11-30(12-17-31)26-40(35(41)22-15-28-13-20-33(21-14-28)45(43,44)39-32-18-19-32)34(25-29-9-5-2-6-10-29)36(42)38-24-23-27-7-3-1-4-8-27/h1-14,16-17,20-21,32,34,39H,15,18-19,22-26H2,(H,38,42)/t34-/m1/s1. The molecule has 1 saturated carbocycles. The number of carbonyl (C=O) groups excluding carboxylic acids is 2. The lowest BCUT2D eigenvalue weighted by Gasteiger charge is -2.32. The van der Waals surface area contributed by atoms with Crippen LogP contribution in [0.3, 0.4) is 0 Å². The summed E-state index contributed by atoms with van der Waals surface area (Å²) in [5.74, 6) is -0.873. The molecule has 234 valence electrons. The van der Waals surface area contributed by atoms with Gasteiger partial charge in [-0.3, -0.25) is 9.59 Å². The van der Waals surface area contributed by atoms with Crippen molar-refractivity contribution < 1.29 is 22.4 Å². The second-order valence-electron chi connectivity index (χ2n) is 11.4. The zero-order valence-corrected chi connectivity index (χ0v) is 25.9. The molecule has 1 atom stereocenters. The van der Waals surface area contributed by atoms with Crippen LogP contribution in [0.2, 0.25) is 0 Å². The predicted molar refractivity (Wildman–Crippen MR) is 172 cm³/mol. The van der Waals surface area contributed by atoms with E-state index in [2.05, 4.69) is 10.0 Å². The molecule has 7 nitrogen and oxygen atoms in total. The summed E-state index contributed by atoms with van der Waals surface area (Å²) in [6.45, 7) is 0.546. The van der Waals surface area contributed by atoms with E-state index in [1.807, 2.05) is 60.7 Å². The highest BCUT2D eigenvalue weighted by Gasteiger charge is 2.31. The highest BCUT2D eigenvalue weighted by Crippen LogP contribution is 2.23. The summed E-state index contributed by atoms with van der Waals surface area (Å²) in [6.07, 6.45) is 3.14. The van der Waals surface area contributed by atoms with Gasteiger partial charge in [-0.25, -0.2) is 17.5 Å². The van der Waals surface area contributed by atoms with Crippen LogP contribution in [0.25, 0.3) is 0 Å². The molecule has 0 bridgehead atoms. The Hall–Kier alpha value is -4.34. The van der Waals surface area contributed by atoms with Crippen LogP contribution in [-0.2, 0) is 45.4 Å². The van der Waals surface area contributed by atoms with E-state index in [1.165, 1.54) is 12.1 Å². The quantitative estimate of drug-likeness (QED) is 0.190. The summed E-state index contributed by atoms with van der Waals surface area (Å²) in [4.78, 5) is 29.5. The lowest BCUT2D eigenvalue weighted by molar-refractivity contribution is -0.141. The maximum atomic E-state index is 13.9. The van der Waals surface area contributed by atoms with Crippen molar-refractivity contribution in [2.24, 2.45) is 0 Å². The second kappa shape index (κ2) is 15.1. The summed E-state index contributed by atoms with van der Waals surface area (Å²) in [7, 11) is -3.57. The SMILES string of the molecule is O=C(NCCc1ccccc1)[C@@H](Cc1ccccc1)N(Cc1ccc(F)cc1)C(=O)CCc1ccc(S(=O)(=O)NC2CC2)cc1. The molecule has 1 aliphatic carbocycles. The lowest BCUT2D eigenvalue weighted by atomic mass is 10.0. The van der Waals surface area contributed by atoms with Gasteiger partial charge in [0.05, 0.1) is 4.90 Å². The Morgan fingerprint density at radius 1 is 0.756 bits per heavy atom. The minimum absolute atomic E-state index is 0.0127. The molecule has 0 saturated heterocycles. The van der Waals surface area contributed by atoms with Gasteiger partial charge in [-0.05, 0) is 72.2 Å². The number of rotatable bonds is 15. The molecule has 2 N–H and O–H groups in total. The number of nitrogens with zero attached hydrogens (tertiary/aromatic N) is 1. The van der Waals surface area contributed by atoms with Gasteiger partial charge < -0.3 is 10.2 Å². The van der Waals surface area contributed by atoms with Gasteiger partial charge in [0.25, 0.3) is 0 Å². The number of nitrogens with one attached hydrogen (secondary N) is 2. The Kier molecular flexibility index (Phi) is 10.8. The zero-order chi connectivity index (χ0) is 31.6. The average Bonchev–Trinajstić information content (AvgIpc) is 3.87. The monoisotopic (exact) mass is 627 g/mol. The largest absolute Gasteiger partial charge is 0.354 e. The predicted octanol–water partition coefficient (Wildman–Crippen LogP) is 5.20. The number of benzene rings is 4. The normalized spacial score (nSPS) is 13.6. The molecule has 9 heteroatoms. The van der Waals surface area contributed by atoms with Gasteiger partial charge in [-0.2, -0.15) is 0 Å². The molecule has 45 heavy (non-hydrogen) atoms. The topological polar surface area (TPSA) is 95.6 Å². The molecule has 4 aromatic carbocycles. The van der Waals surface area contributed by atoms with Gasteiger partial charge in [0.15, 0.2) is 0 Å². The number of hydrogen-bond acceptors (Lipinski definition) is 4. The van der Waals surface area contributed by atoms with E-state index < -0.39 is 16.1 Å². The van der Waals surface area contributed by atoms with Crippen LogP contribution in [0.4, 0.5) is 4.39 Å². The van der Waals surface area contributed by atoms with E-state index in [1.54, 1.807) is 41.3 Å². The van der Waals surface area contributed by atoms with Gasteiger partial charge in [0.1, 0.15) is 11.9 Å². The van der Waals surface area contributed by atoms with E-state index in [4.69, 9.17) is 0 Å². The zero-order valence-electron chi connectivity index (χ0n) is 25.1. The third kappa shape index (κ3) is 9.57. The molecule has 1 fully saturated rings. The van der Waals surface area contributed by atoms with Gasteiger partial charge >= 0.3 is 0 Å². The van der Waals surface area contributed by atoms with Gasteiger partial charge in [-0.15, -0.1) is 0 Å². The van der Waals surface area contributed by atoms with Crippen LogP contribution in [0.1, 0.15) is 41.5 Å². The summed E-state index contributed by atoms with van der Waals surface area (Å²) in [5.41, 5.74) is 3.52. The molecule has 0 aliphatic heterocycles. The van der Waals surface area contributed by atoms with Crippen LogP contribution >= 0.6 is 0 Å². The van der Waals surface area contributed by atoms with Crippen molar-refractivity contribution in [1.29, 1.82) is 0 Å². The van der Waals surface area contributed by atoms with Crippen LogP contribution in [0, 0.1) is 5.82 Å². The fraction of sp³-hybridized carbons (Fsp3) is 0.278. The van der Waals surface area contributed by atoms with Gasteiger partial charge in [0, 0.05) is 32.0 Å². The number of halogens is 1. The van der Waals surface area contributed by atoms with Crippen molar-refractivity contribution in [2.45, 2.75) is 62.0 Å². The fourth-order valence-corrected chi connectivity index (χ4v) is 6.46. The molecule has 5 rings (SSSR count). The summed E-state index contributed by atoms with van der Waals surface area (Å²) < 4.78 is 41.5. The van der Waals surface area contributed by atoms with E-state index in [0.717, 1.165) is 29.5 Å². The number of sulfonamides is 1. The van der Waals surface area contributed by atoms with Crippen molar-refractivity contribution in [3.8, 4) is 0 Å². The molecule has 0 spiro atoms. The molecule has 0 aromatic heterocycles. The van der Waals surface area contributed by atoms with E-state index >= 15 is 0 Å². The van der Waals surface area contributed by atoms with Crippen LogP contribution in [-0.4, -0.2) is 43.8 Å². The van der Waals surface area contributed by atoms with Crippen molar-refractivity contribution in [2.75, 3.05) is 6.54 Å². The van der Waals surface area contributed by atoms with Crippen molar-refractivity contribution in [3.63, 3.8) is 0 Å². The number of carbonyl (C=O) groups is 2. The van der Waals surface area contributed by atoms with Gasteiger partial charge in [0.2, 0.25) is 21.8 Å².